The number of nitrogens with zero attached hydrogens (tertiary/aromatic N) is 4. The molecule has 1 aliphatic carbocycles. The first-order chi connectivity index (χ1) is 18.3. The highest BCUT2D eigenvalue weighted by Gasteiger charge is 2.28. The second kappa shape index (κ2) is 11.4. The van der Waals surface area contributed by atoms with E-state index >= 15 is 0 Å². The third kappa shape index (κ3) is 6.27. The van der Waals surface area contributed by atoms with Gasteiger partial charge >= 0.3 is 0 Å². The summed E-state index contributed by atoms with van der Waals surface area (Å²) in [7, 11) is 0. The molecule has 3 heterocycles. The largest absolute Gasteiger partial charge is 0.393 e. The molecule has 0 atom stereocenters. The summed E-state index contributed by atoms with van der Waals surface area (Å²) in [5.41, 5.74) is 4.14. The minimum atomic E-state index is -0.298. The van der Waals surface area contributed by atoms with Crippen molar-refractivity contribution in [2.24, 2.45) is 0 Å². The molecule has 2 fully saturated rings. The van der Waals surface area contributed by atoms with Crippen LogP contribution in [0.2, 0.25) is 0 Å². The molecule has 1 amide bonds. The highest BCUT2D eigenvalue weighted by molar-refractivity contribution is 5.94. The van der Waals surface area contributed by atoms with E-state index < -0.39 is 0 Å². The van der Waals surface area contributed by atoms with E-state index in [-0.39, 0.29) is 29.8 Å². The number of amides is 1. The van der Waals surface area contributed by atoms with Crippen LogP contribution < -0.4 is 10.6 Å². The summed E-state index contributed by atoms with van der Waals surface area (Å²) in [6.07, 6.45) is 6.58. The van der Waals surface area contributed by atoms with Crippen LogP contribution in [0.25, 0.3) is 0 Å². The van der Waals surface area contributed by atoms with Crippen LogP contribution in [0.15, 0.2) is 42.6 Å². The van der Waals surface area contributed by atoms with Crippen molar-refractivity contribution in [3.63, 3.8) is 0 Å². The van der Waals surface area contributed by atoms with Gasteiger partial charge in [0.25, 0.3) is 5.91 Å². The van der Waals surface area contributed by atoms with Crippen LogP contribution in [0.3, 0.4) is 0 Å². The smallest absolute Gasteiger partial charge is 0.253 e. The first-order valence-electron chi connectivity index (χ1n) is 13.4. The Morgan fingerprint density at radius 1 is 0.974 bits per heavy atom. The van der Waals surface area contributed by atoms with Gasteiger partial charge in [-0.15, -0.1) is 0 Å². The average molecular weight is 519 g/mol. The lowest BCUT2D eigenvalue weighted by Gasteiger charge is -2.34. The van der Waals surface area contributed by atoms with Crippen LogP contribution in [0.5, 0.6) is 0 Å². The minimum Gasteiger partial charge on any atom is -0.393 e. The molecule has 1 saturated heterocycles. The second-order valence-corrected chi connectivity index (χ2v) is 10.5. The normalized spacial score (nSPS) is 20.3. The number of halogens is 1. The van der Waals surface area contributed by atoms with Crippen LogP contribution in [-0.4, -0.2) is 56.1 Å². The quantitative estimate of drug-likeness (QED) is 0.417. The lowest BCUT2D eigenvalue weighted by atomic mass is 9.89. The van der Waals surface area contributed by atoms with Crippen molar-refractivity contribution >= 4 is 23.4 Å². The predicted molar refractivity (Wildman–Crippen MR) is 145 cm³/mol. The highest BCUT2D eigenvalue weighted by atomic mass is 19.1. The SMILES string of the molecule is Cc1cc(C(=O)N2CCC(c3cnc(Nc4ccc(F)cc4)nc3NC3CCC(O)CC3)CC2)cc(C)n1. The third-order valence-electron chi connectivity index (χ3n) is 7.51. The third-order valence-corrected chi connectivity index (χ3v) is 7.51. The molecule has 0 spiro atoms. The van der Waals surface area contributed by atoms with Crippen molar-refractivity contribution in [2.45, 2.75) is 70.4 Å². The molecule has 0 bridgehead atoms. The van der Waals surface area contributed by atoms with Crippen molar-refractivity contribution in [1.29, 1.82) is 0 Å². The molecule has 5 rings (SSSR count). The number of hydrogen-bond acceptors (Lipinski definition) is 7. The molecule has 0 radical (unpaired) electrons. The fraction of sp³-hybridized carbons (Fsp3) is 0.448. The summed E-state index contributed by atoms with van der Waals surface area (Å²) in [4.78, 5) is 28.9. The number of piperidine rings is 1. The predicted octanol–water partition coefficient (Wildman–Crippen LogP) is 5.11. The monoisotopic (exact) mass is 518 g/mol. The Hall–Kier alpha value is -3.59. The molecule has 8 nitrogen and oxygen atoms in total. The van der Waals surface area contributed by atoms with E-state index in [1.807, 2.05) is 37.1 Å². The number of aliphatic hydroxyl groups excluding tert-OH is 1. The number of benzene rings is 1. The fourth-order valence-electron chi connectivity index (χ4n) is 5.48. The molecule has 2 aromatic heterocycles. The number of hydrogen-bond donors (Lipinski definition) is 3. The van der Waals surface area contributed by atoms with Gasteiger partial charge in [0, 0.05) is 53.5 Å². The number of anilines is 3. The maximum Gasteiger partial charge on any atom is 0.253 e. The molecule has 38 heavy (non-hydrogen) atoms. The van der Waals surface area contributed by atoms with E-state index in [0.29, 0.717) is 30.3 Å². The topological polar surface area (TPSA) is 103 Å². The summed E-state index contributed by atoms with van der Waals surface area (Å²) >= 11 is 0. The van der Waals surface area contributed by atoms with Gasteiger partial charge < -0.3 is 20.6 Å². The number of aliphatic hydroxyl groups is 1. The molecule has 1 aromatic carbocycles. The fourth-order valence-corrected chi connectivity index (χ4v) is 5.48. The molecule has 2 aliphatic rings. The molecule has 0 unspecified atom stereocenters. The van der Waals surface area contributed by atoms with Gasteiger partial charge in [-0.2, -0.15) is 4.98 Å². The molecule has 9 heteroatoms. The number of nitrogens with one attached hydrogen (secondary N) is 2. The lowest BCUT2D eigenvalue weighted by molar-refractivity contribution is 0.0712. The standard InChI is InChI=1S/C29H35FN6O2/c1-18-15-21(16-19(2)32-18)28(38)36-13-11-20(12-14-36)26-17-31-29(34-24-5-3-22(30)4-6-24)35-27(26)33-23-7-9-25(37)10-8-23/h3-6,15-17,20,23,25,37H,7-14H2,1-2H3,(H2,31,33,34,35). The first-order valence-corrected chi connectivity index (χ1v) is 13.4. The van der Waals surface area contributed by atoms with Crippen molar-refractivity contribution in [1.82, 2.24) is 19.9 Å². The van der Waals surface area contributed by atoms with Crippen LogP contribution in [0, 0.1) is 19.7 Å². The van der Waals surface area contributed by atoms with E-state index in [1.54, 1.807) is 12.1 Å². The molecule has 1 aliphatic heterocycles. The summed E-state index contributed by atoms with van der Waals surface area (Å²) in [5, 5.41) is 16.7. The zero-order valence-corrected chi connectivity index (χ0v) is 22.0. The van der Waals surface area contributed by atoms with Crippen molar-refractivity contribution in [3.05, 3.63) is 70.9 Å². The van der Waals surface area contributed by atoms with Crippen LogP contribution in [0.1, 0.15) is 71.8 Å². The molecule has 3 aromatic rings. The second-order valence-electron chi connectivity index (χ2n) is 10.5. The van der Waals surface area contributed by atoms with Gasteiger partial charge in [-0.3, -0.25) is 9.78 Å². The molecule has 1 saturated carbocycles. The Bertz CT molecular complexity index is 1250. The molecule has 200 valence electrons. The number of likely N-dealkylation sites (tertiary alicyclic amines) is 1. The lowest BCUT2D eigenvalue weighted by Crippen LogP contribution is -2.38. The molecular formula is C29H35FN6O2. The van der Waals surface area contributed by atoms with Gasteiger partial charge in [0.05, 0.1) is 6.10 Å². The maximum absolute atomic E-state index is 13.3. The van der Waals surface area contributed by atoms with Crippen molar-refractivity contribution in [2.75, 3.05) is 23.7 Å². The number of aryl methyl sites for hydroxylation is 2. The number of rotatable bonds is 6. The van der Waals surface area contributed by atoms with E-state index in [2.05, 4.69) is 20.6 Å². The van der Waals surface area contributed by atoms with E-state index in [9.17, 15) is 14.3 Å². The van der Waals surface area contributed by atoms with Gasteiger partial charge in [-0.05, 0) is 94.7 Å². The Balaban J connectivity index is 1.32. The number of carbonyl (C=O) groups excluding carboxylic acids is 1. The van der Waals surface area contributed by atoms with Gasteiger partial charge in [-0.25, -0.2) is 9.37 Å². The number of pyridine rings is 1. The van der Waals surface area contributed by atoms with E-state index in [4.69, 9.17) is 4.98 Å². The molecule has 3 N–H and O–H groups in total. The maximum atomic E-state index is 13.3. The van der Waals surface area contributed by atoms with Gasteiger partial charge in [-0.1, -0.05) is 0 Å². The van der Waals surface area contributed by atoms with Crippen molar-refractivity contribution < 1.29 is 14.3 Å². The Labute approximate surface area is 222 Å². The van der Waals surface area contributed by atoms with Crippen LogP contribution in [-0.2, 0) is 0 Å². The Morgan fingerprint density at radius 3 is 2.29 bits per heavy atom. The van der Waals surface area contributed by atoms with E-state index in [0.717, 1.165) is 61.3 Å². The van der Waals surface area contributed by atoms with Gasteiger partial charge in [0.1, 0.15) is 11.6 Å². The van der Waals surface area contributed by atoms with Crippen molar-refractivity contribution in [3.8, 4) is 0 Å². The average Bonchev–Trinajstić information content (AvgIpc) is 2.91. The highest BCUT2D eigenvalue weighted by Crippen LogP contribution is 2.34. The number of aromatic nitrogens is 3. The first kappa shape index (κ1) is 26.0. The summed E-state index contributed by atoms with van der Waals surface area (Å²) < 4.78 is 13.3. The van der Waals surface area contributed by atoms with Crippen LogP contribution >= 0.6 is 0 Å². The number of carbonyl (C=O) groups is 1. The summed E-state index contributed by atoms with van der Waals surface area (Å²) in [5.74, 6) is 1.20. The zero-order valence-electron chi connectivity index (χ0n) is 22.0. The van der Waals surface area contributed by atoms with E-state index in [1.165, 1.54) is 12.1 Å². The van der Waals surface area contributed by atoms with Crippen LogP contribution in [0.4, 0.5) is 21.8 Å². The molecular weight excluding hydrogens is 483 g/mol. The summed E-state index contributed by atoms with van der Waals surface area (Å²) in [6.45, 7) is 5.14. The van der Waals surface area contributed by atoms with Gasteiger partial charge in [0.2, 0.25) is 5.95 Å². The van der Waals surface area contributed by atoms with Gasteiger partial charge in [0.15, 0.2) is 0 Å². The minimum absolute atomic E-state index is 0.0475. The summed E-state index contributed by atoms with van der Waals surface area (Å²) in [6, 6.07) is 10.0. The Kier molecular flexibility index (Phi) is 7.83. The zero-order chi connectivity index (χ0) is 26.6. The Morgan fingerprint density at radius 2 is 1.63 bits per heavy atom.